The summed E-state index contributed by atoms with van der Waals surface area (Å²) in [5.74, 6) is 0.384. The van der Waals surface area contributed by atoms with Gasteiger partial charge in [-0.2, -0.15) is 0 Å². The topological polar surface area (TPSA) is 35.2 Å². The Morgan fingerprint density at radius 2 is 1.80 bits per heavy atom. The molecule has 0 aliphatic carbocycles. The van der Waals surface area contributed by atoms with E-state index in [9.17, 15) is 4.39 Å². The van der Waals surface area contributed by atoms with Crippen molar-refractivity contribution in [2.24, 2.45) is 5.73 Å². The first-order valence-electron chi connectivity index (χ1n) is 6.09. The van der Waals surface area contributed by atoms with Gasteiger partial charge in [-0.1, -0.05) is 31.9 Å². The number of ether oxygens (including phenoxy) is 1. The van der Waals surface area contributed by atoms with Crippen molar-refractivity contribution in [2.75, 3.05) is 0 Å². The second-order valence-corrected chi connectivity index (χ2v) is 6.33. The smallest absolute Gasteiger partial charge is 0.129 e. The zero-order valence-electron chi connectivity index (χ0n) is 10.9. The number of hydrogen-bond donors (Lipinski definition) is 1. The molecule has 2 nitrogen and oxygen atoms in total. The molecule has 0 fully saturated rings. The average molecular weight is 403 g/mol. The van der Waals surface area contributed by atoms with Gasteiger partial charge in [-0.15, -0.1) is 0 Å². The summed E-state index contributed by atoms with van der Waals surface area (Å²) in [5, 5.41) is 0. The molecule has 0 unspecified atom stereocenters. The Bertz CT molecular complexity index is 617. The molecule has 0 aromatic heterocycles. The van der Waals surface area contributed by atoms with Gasteiger partial charge in [0.25, 0.3) is 0 Å². The van der Waals surface area contributed by atoms with Gasteiger partial charge in [-0.3, -0.25) is 0 Å². The third kappa shape index (κ3) is 3.81. The van der Waals surface area contributed by atoms with Crippen LogP contribution in [0, 0.1) is 5.82 Å². The average Bonchev–Trinajstić information content (AvgIpc) is 2.40. The quantitative estimate of drug-likeness (QED) is 0.785. The lowest BCUT2D eigenvalue weighted by molar-refractivity contribution is 0.295. The van der Waals surface area contributed by atoms with Crippen molar-refractivity contribution in [3.05, 3.63) is 62.3 Å². The number of hydrogen-bond acceptors (Lipinski definition) is 2. The van der Waals surface area contributed by atoms with Crippen LogP contribution in [-0.2, 0) is 6.61 Å². The molecule has 2 rings (SSSR count). The van der Waals surface area contributed by atoms with E-state index < -0.39 is 0 Å². The molecule has 0 amide bonds. The molecule has 0 radical (unpaired) electrons. The van der Waals surface area contributed by atoms with Crippen LogP contribution < -0.4 is 10.5 Å². The Hall–Kier alpha value is -0.910. The van der Waals surface area contributed by atoms with E-state index in [1.54, 1.807) is 12.1 Å². The van der Waals surface area contributed by atoms with Gasteiger partial charge < -0.3 is 10.5 Å². The highest BCUT2D eigenvalue weighted by Crippen LogP contribution is 2.28. The van der Waals surface area contributed by atoms with Gasteiger partial charge in [0, 0.05) is 26.1 Å². The van der Waals surface area contributed by atoms with E-state index in [0.29, 0.717) is 11.3 Å². The predicted molar refractivity (Wildman–Crippen MR) is 85.2 cm³/mol. The van der Waals surface area contributed by atoms with Gasteiger partial charge in [-0.25, -0.2) is 4.39 Å². The van der Waals surface area contributed by atoms with Crippen LogP contribution in [0.5, 0.6) is 5.75 Å². The SMILES string of the molecule is C[C@@H](N)c1cc(Br)ccc1OCc1cc(Br)ccc1F. The van der Waals surface area contributed by atoms with Gasteiger partial charge in [0.1, 0.15) is 18.2 Å². The van der Waals surface area contributed by atoms with E-state index in [1.807, 2.05) is 25.1 Å². The Morgan fingerprint density at radius 1 is 1.15 bits per heavy atom. The van der Waals surface area contributed by atoms with Gasteiger partial charge in [0.15, 0.2) is 0 Å². The fourth-order valence-electron chi connectivity index (χ4n) is 1.82. The van der Waals surface area contributed by atoms with Gasteiger partial charge in [0.2, 0.25) is 0 Å². The molecule has 1 atom stereocenters. The first-order valence-corrected chi connectivity index (χ1v) is 7.67. The molecule has 106 valence electrons. The lowest BCUT2D eigenvalue weighted by atomic mass is 10.1. The first kappa shape index (κ1) is 15.5. The van der Waals surface area contributed by atoms with Crippen molar-refractivity contribution < 1.29 is 9.13 Å². The largest absolute Gasteiger partial charge is 0.488 e. The molecular weight excluding hydrogens is 389 g/mol. The minimum absolute atomic E-state index is 0.158. The molecule has 20 heavy (non-hydrogen) atoms. The highest BCUT2D eigenvalue weighted by atomic mass is 79.9. The molecule has 2 N–H and O–H groups in total. The maximum Gasteiger partial charge on any atom is 0.129 e. The number of halogens is 3. The molecule has 2 aromatic rings. The highest BCUT2D eigenvalue weighted by Gasteiger charge is 2.10. The first-order chi connectivity index (χ1) is 9.47. The summed E-state index contributed by atoms with van der Waals surface area (Å²) in [4.78, 5) is 0. The number of benzene rings is 2. The second-order valence-electron chi connectivity index (χ2n) is 4.50. The fraction of sp³-hybridized carbons (Fsp3) is 0.200. The van der Waals surface area contributed by atoms with Crippen LogP contribution in [0.15, 0.2) is 45.3 Å². The lowest BCUT2D eigenvalue weighted by Gasteiger charge is -2.15. The molecule has 0 saturated heterocycles. The summed E-state index contributed by atoms with van der Waals surface area (Å²) < 4.78 is 21.1. The van der Waals surface area contributed by atoms with E-state index >= 15 is 0 Å². The molecular formula is C15H14Br2FNO. The van der Waals surface area contributed by atoms with Crippen molar-refractivity contribution in [3.8, 4) is 5.75 Å². The Morgan fingerprint density at radius 3 is 2.50 bits per heavy atom. The van der Waals surface area contributed by atoms with E-state index in [4.69, 9.17) is 10.5 Å². The summed E-state index contributed by atoms with van der Waals surface area (Å²) in [6.07, 6.45) is 0. The van der Waals surface area contributed by atoms with E-state index in [1.165, 1.54) is 6.07 Å². The van der Waals surface area contributed by atoms with Crippen molar-refractivity contribution in [3.63, 3.8) is 0 Å². The van der Waals surface area contributed by atoms with E-state index in [-0.39, 0.29) is 18.5 Å². The van der Waals surface area contributed by atoms with Crippen LogP contribution >= 0.6 is 31.9 Å². The molecule has 0 aliphatic rings. The standard InChI is InChI=1S/C15H14Br2FNO/c1-9(19)13-7-12(17)3-5-15(13)20-8-10-6-11(16)2-4-14(10)18/h2-7,9H,8,19H2,1H3/t9-/m1/s1. The second kappa shape index (κ2) is 6.70. The third-order valence-electron chi connectivity index (χ3n) is 2.85. The Labute approximate surface area is 134 Å². The predicted octanol–water partition coefficient (Wildman–Crippen LogP) is 4.95. The Balaban J connectivity index is 2.20. The number of rotatable bonds is 4. The summed E-state index contributed by atoms with van der Waals surface area (Å²) in [7, 11) is 0. The lowest BCUT2D eigenvalue weighted by Crippen LogP contribution is -2.08. The van der Waals surface area contributed by atoms with Crippen LogP contribution in [0.1, 0.15) is 24.1 Å². The van der Waals surface area contributed by atoms with Gasteiger partial charge in [0.05, 0.1) is 0 Å². The van der Waals surface area contributed by atoms with E-state index in [0.717, 1.165) is 14.5 Å². The summed E-state index contributed by atoms with van der Waals surface area (Å²) in [5.41, 5.74) is 7.31. The molecule has 0 spiro atoms. The molecule has 0 heterocycles. The van der Waals surface area contributed by atoms with Crippen LogP contribution in [0.2, 0.25) is 0 Å². The maximum atomic E-state index is 13.7. The van der Waals surface area contributed by atoms with Crippen LogP contribution in [0.25, 0.3) is 0 Å². The normalized spacial score (nSPS) is 12.2. The number of nitrogens with two attached hydrogens (primary N) is 1. The van der Waals surface area contributed by atoms with Gasteiger partial charge in [-0.05, 0) is 43.3 Å². The molecule has 0 bridgehead atoms. The molecule has 0 saturated carbocycles. The molecule has 2 aromatic carbocycles. The zero-order chi connectivity index (χ0) is 14.7. The van der Waals surface area contributed by atoms with Crippen LogP contribution in [0.4, 0.5) is 4.39 Å². The monoisotopic (exact) mass is 401 g/mol. The minimum atomic E-state index is -0.285. The molecule has 0 aliphatic heterocycles. The highest BCUT2D eigenvalue weighted by molar-refractivity contribution is 9.10. The van der Waals surface area contributed by atoms with Crippen LogP contribution in [0.3, 0.4) is 0 Å². The molecule has 5 heteroatoms. The zero-order valence-corrected chi connectivity index (χ0v) is 14.0. The summed E-state index contributed by atoms with van der Waals surface area (Å²) in [6.45, 7) is 2.04. The van der Waals surface area contributed by atoms with Gasteiger partial charge >= 0.3 is 0 Å². The van der Waals surface area contributed by atoms with Crippen molar-refractivity contribution in [1.82, 2.24) is 0 Å². The summed E-state index contributed by atoms with van der Waals surface area (Å²) >= 11 is 6.73. The Kier molecular flexibility index (Phi) is 5.18. The van der Waals surface area contributed by atoms with Crippen molar-refractivity contribution in [2.45, 2.75) is 19.6 Å². The summed E-state index contributed by atoms with van der Waals surface area (Å²) in [6, 6.07) is 10.2. The minimum Gasteiger partial charge on any atom is -0.488 e. The maximum absolute atomic E-state index is 13.7. The van der Waals surface area contributed by atoms with Crippen LogP contribution in [-0.4, -0.2) is 0 Å². The fourth-order valence-corrected chi connectivity index (χ4v) is 2.60. The van der Waals surface area contributed by atoms with E-state index in [2.05, 4.69) is 31.9 Å². The van der Waals surface area contributed by atoms with Crippen molar-refractivity contribution in [1.29, 1.82) is 0 Å². The third-order valence-corrected chi connectivity index (χ3v) is 3.84. The van der Waals surface area contributed by atoms with Crippen molar-refractivity contribution >= 4 is 31.9 Å².